The van der Waals surface area contributed by atoms with E-state index >= 15 is 0 Å². The number of nitrogens with zero attached hydrogens (tertiary/aromatic N) is 3. The van der Waals surface area contributed by atoms with Gasteiger partial charge in [-0.25, -0.2) is 0 Å². The monoisotopic (exact) mass is 554 g/mol. The molecule has 4 aromatic carbocycles. The van der Waals surface area contributed by atoms with Crippen molar-refractivity contribution in [1.29, 1.82) is 0 Å². The molecule has 0 saturated heterocycles. The van der Waals surface area contributed by atoms with Crippen molar-refractivity contribution in [2.24, 2.45) is 4.99 Å². The summed E-state index contributed by atoms with van der Waals surface area (Å²) in [5.41, 5.74) is 8.04. The normalized spacial score (nSPS) is 9.42. The predicted octanol–water partition coefficient (Wildman–Crippen LogP) is 7.44. The van der Waals surface area contributed by atoms with E-state index in [2.05, 4.69) is 4.99 Å². The van der Waals surface area contributed by atoms with Crippen molar-refractivity contribution in [2.45, 2.75) is 0 Å². The van der Waals surface area contributed by atoms with Gasteiger partial charge in [-0.15, -0.1) is 23.2 Å². The zero-order chi connectivity index (χ0) is 28.2. The third-order valence-corrected chi connectivity index (χ3v) is 4.22. The topological polar surface area (TPSA) is 142 Å². The molecule has 0 aromatic heterocycles. The molecule has 0 aliphatic rings. The third-order valence-electron chi connectivity index (χ3n) is 4.22. The Bertz CT molecular complexity index is 1310. The fourth-order valence-electron chi connectivity index (χ4n) is 2.55. The molecule has 0 atom stereocenters. The highest BCUT2D eigenvalue weighted by Gasteiger charge is 2.04. The Morgan fingerprint density at radius 3 is 1.58 bits per heavy atom. The van der Waals surface area contributed by atoms with E-state index in [1.165, 1.54) is 36.4 Å². The number of rotatable bonds is 5. The zero-order valence-electron chi connectivity index (χ0n) is 20.0. The molecule has 0 aliphatic carbocycles. The summed E-state index contributed by atoms with van der Waals surface area (Å²) >= 11 is 9.53. The van der Waals surface area contributed by atoms with Gasteiger partial charge in [-0.3, -0.25) is 30.0 Å². The number of carbonyl (C=O) groups excluding carboxylic acids is 1. The van der Waals surface area contributed by atoms with Gasteiger partial charge < -0.3 is 5.73 Å². The first-order valence-corrected chi connectivity index (χ1v) is 11.8. The number of nitro benzene ring substituents is 2. The first-order valence-electron chi connectivity index (χ1n) is 10.8. The molecular weight excluding hydrogens is 531 g/mol. The average Bonchev–Trinajstić information content (AvgIpc) is 2.94. The molecule has 9 nitrogen and oxygen atoms in total. The van der Waals surface area contributed by atoms with E-state index in [0.29, 0.717) is 17.4 Å². The van der Waals surface area contributed by atoms with Crippen molar-refractivity contribution < 1.29 is 14.6 Å². The maximum absolute atomic E-state index is 10.6. The summed E-state index contributed by atoms with van der Waals surface area (Å²) in [6.07, 6.45) is 2.19. The molecule has 0 saturated carbocycles. The number of benzene rings is 4. The van der Waals surface area contributed by atoms with Crippen molar-refractivity contribution in [3.8, 4) is 0 Å². The summed E-state index contributed by atoms with van der Waals surface area (Å²) < 4.78 is 0. The zero-order valence-corrected chi connectivity index (χ0v) is 21.5. The van der Waals surface area contributed by atoms with Crippen LogP contribution >= 0.6 is 23.2 Å². The van der Waals surface area contributed by atoms with Gasteiger partial charge in [-0.2, -0.15) is 0 Å². The number of nitro groups is 2. The SMILES string of the molecule is ClCCl.Nc1ccccc1.O=Cc1cccc([N+](=O)[O-])c1.O=[N+]([O-])c1cccc(C=Nc2ccccc2)c1. The largest absolute Gasteiger partial charge is 0.399 e. The first kappa shape index (κ1) is 31.4. The number of hydrogen-bond acceptors (Lipinski definition) is 7. The van der Waals surface area contributed by atoms with Crippen molar-refractivity contribution in [1.82, 2.24) is 0 Å². The van der Waals surface area contributed by atoms with E-state index in [0.717, 1.165) is 11.4 Å². The Balaban J connectivity index is 0.000000294. The van der Waals surface area contributed by atoms with Crippen LogP contribution in [0.25, 0.3) is 0 Å². The molecule has 4 aromatic rings. The molecule has 4 rings (SSSR count). The molecule has 0 aliphatic heterocycles. The fourth-order valence-corrected chi connectivity index (χ4v) is 2.55. The van der Waals surface area contributed by atoms with Crippen LogP contribution in [-0.4, -0.2) is 27.7 Å². The Morgan fingerprint density at radius 1 is 0.711 bits per heavy atom. The van der Waals surface area contributed by atoms with Crippen LogP contribution in [0, 0.1) is 20.2 Å². The van der Waals surface area contributed by atoms with Gasteiger partial charge in [0.05, 0.1) is 20.9 Å². The summed E-state index contributed by atoms with van der Waals surface area (Å²) in [5.74, 6) is 0. The smallest absolute Gasteiger partial charge is 0.270 e. The van der Waals surface area contributed by atoms with Gasteiger partial charge >= 0.3 is 0 Å². The number of carbonyl (C=O) groups is 1. The highest BCUT2D eigenvalue weighted by atomic mass is 35.5. The summed E-state index contributed by atoms with van der Waals surface area (Å²) in [6, 6.07) is 30.8. The molecule has 0 spiro atoms. The quantitative estimate of drug-likeness (QED) is 0.0677. The van der Waals surface area contributed by atoms with Crippen LogP contribution in [0.15, 0.2) is 114 Å². The molecular formula is C27H24Cl2N4O5. The van der Waals surface area contributed by atoms with Crippen LogP contribution in [0.4, 0.5) is 22.7 Å². The van der Waals surface area contributed by atoms with Crippen molar-refractivity contribution in [3.05, 3.63) is 141 Å². The Morgan fingerprint density at radius 2 is 1.16 bits per heavy atom. The van der Waals surface area contributed by atoms with Gasteiger partial charge in [0.2, 0.25) is 0 Å². The van der Waals surface area contributed by atoms with Crippen LogP contribution < -0.4 is 5.73 Å². The lowest BCUT2D eigenvalue weighted by atomic mass is 10.2. The molecule has 0 radical (unpaired) electrons. The van der Waals surface area contributed by atoms with E-state index in [4.69, 9.17) is 28.9 Å². The third kappa shape index (κ3) is 13.5. The first-order chi connectivity index (χ1) is 18.3. The number of aliphatic imine (C=N–C) groups is 1. The van der Waals surface area contributed by atoms with Crippen LogP contribution in [-0.2, 0) is 0 Å². The van der Waals surface area contributed by atoms with E-state index in [-0.39, 0.29) is 16.7 Å². The van der Waals surface area contributed by atoms with Crippen LogP contribution in [0.5, 0.6) is 0 Å². The number of anilines is 1. The lowest BCUT2D eigenvalue weighted by Gasteiger charge is -1.94. The molecule has 0 heterocycles. The van der Waals surface area contributed by atoms with Crippen molar-refractivity contribution in [3.63, 3.8) is 0 Å². The molecule has 0 fully saturated rings. The summed E-state index contributed by atoms with van der Waals surface area (Å²) in [6.45, 7) is 0. The molecule has 0 unspecified atom stereocenters. The number of hydrogen-bond donors (Lipinski definition) is 1. The number of halogens is 2. The lowest BCUT2D eigenvalue weighted by molar-refractivity contribution is -0.385. The molecule has 0 bridgehead atoms. The van der Waals surface area contributed by atoms with Crippen LogP contribution in [0.2, 0.25) is 0 Å². The van der Waals surface area contributed by atoms with E-state index in [1.54, 1.807) is 18.3 Å². The summed E-state index contributed by atoms with van der Waals surface area (Å²) in [7, 11) is 0. The van der Waals surface area contributed by atoms with E-state index in [1.807, 2.05) is 60.7 Å². The number of para-hydroxylation sites is 2. The second kappa shape index (κ2) is 18.6. The number of nitrogen functional groups attached to an aromatic ring is 1. The van der Waals surface area contributed by atoms with Crippen LogP contribution in [0.1, 0.15) is 15.9 Å². The minimum absolute atomic E-state index is 0.0606. The molecule has 38 heavy (non-hydrogen) atoms. The standard InChI is InChI=1S/C13H10N2O2.C7H5NO3.C6H7N.CH2Cl2/c16-15(17)13-8-4-5-11(9-13)10-14-12-6-2-1-3-7-12;9-5-6-2-1-3-7(4-6)8(10)11;7-6-4-2-1-3-5-6;2-1-3/h1-10H;1-5H;1-5H,7H2;1H2. The molecule has 0 amide bonds. The highest BCUT2D eigenvalue weighted by Crippen LogP contribution is 2.14. The number of nitrogens with two attached hydrogens (primary N) is 1. The highest BCUT2D eigenvalue weighted by molar-refractivity contribution is 6.40. The summed E-state index contributed by atoms with van der Waals surface area (Å²) in [4.78, 5) is 34.2. The lowest BCUT2D eigenvalue weighted by Crippen LogP contribution is -1.89. The Hall–Kier alpha value is -4.60. The van der Waals surface area contributed by atoms with Crippen LogP contribution in [0.3, 0.4) is 0 Å². The predicted molar refractivity (Wildman–Crippen MR) is 153 cm³/mol. The number of aldehydes is 1. The number of non-ortho nitro benzene ring substituents is 2. The van der Waals surface area contributed by atoms with Gasteiger partial charge in [0.25, 0.3) is 11.4 Å². The second-order valence-corrected chi connectivity index (χ2v) is 7.74. The average molecular weight is 555 g/mol. The maximum atomic E-state index is 10.6. The Labute approximate surface area is 229 Å². The van der Waals surface area contributed by atoms with E-state index < -0.39 is 9.85 Å². The number of alkyl halides is 2. The second-order valence-electron chi connectivity index (χ2n) is 6.93. The maximum Gasteiger partial charge on any atom is 0.270 e. The molecule has 196 valence electrons. The molecule has 2 N–H and O–H groups in total. The van der Waals surface area contributed by atoms with Gasteiger partial charge in [0.1, 0.15) is 6.29 Å². The van der Waals surface area contributed by atoms with Crippen molar-refractivity contribution >= 4 is 58.5 Å². The van der Waals surface area contributed by atoms with Gasteiger partial charge in [0, 0.05) is 41.7 Å². The van der Waals surface area contributed by atoms with Crippen molar-refractivity contribution in [2.75, 3.05) is 11.1 Å². The van der Waals surface area contributed by atoms with Gasteiger partial charge in [0.15, 0.2) is 0 Å². The van der Waals surface area contributed by atoms with Gasteiger partial charge in [-0.05, 0) is 29.8 Å². The Kier molecular flexibility index (Phi) is 15.4. The fraction of sp³-hybridized carbons (Fsp3) is 0.0370. The minimum Gasteiger partial charge on any atom is -0.399 e. The molecule has 11 heteroatoms. The summed E-state index contributed by atoms with van der Waals surface area (Å²) in [5, 5.41) is 20.9. The van der Waals surface area contributed by atoms with Gasteiger partial charge in [-0.1, -0.05) is 60.7 Å². The van der Waals surface area contributed by atoms with E-state index in [9.17, 15) is 25.0 Å². The minimum atomic E-state index is -0.535.